The number of hydrogen-bond donors (Lipinski definition) is 1. The van der Waals surface area contributed by atoms with Crippen LogP contribution in [0.15, 0.2) is 30.6 Å². The Morgan fingerprint density at radius 3 is 3.00 bits per heavy atom. The molecule has 0 spiro atoms. The van der Waals surface area contributed by atoms with E-state index < -0.39 is 0 Å². The Balaban J connectivity index is 2.47. The minimum atomic E-state index is 0.516. The Kier molecular flexibility index (Phi) is 2.33. The molecule has 0 aliphatic carbocycles. The summed E-state index contributed by atoms with van der Waals surface area (Å²) in [5.41, 5.74) is 7.58. The van der Waals surface area contributed by atoms with Crippen LogP contribution in [0.3, 0.4) is 0 Å². The first-order valence-corrected chi connectivity index (χ1v) is 4.74. The van der Waals surface area contributed by atoms with Crippen molar-refractivity contribution in [3.8, 4) is 10.6 Å². The van der Waals surface area contributed by atoms with E-state index in [1.165, 1.54) is 11.5 Å². The first-order chi connectivity index (χ1) is 6.42. The van der Waals surface area contributed by atoms with Crippen molar-refractivity contribution >= 4 is 11.5 Å². The molecule has 0 saturated heterocycles. The molecule has 66 valence electrons. The van der Waals surface area contributed by atoms with Crippen molar-refractivity contribution in [1.29, 1.82) is 0 Å². The Hall–Kier alpha value is -1.26. The van der Waals surface area contributed by atoms with E-state index in [-0.39, 0.29) is 0 Å². The van der Waals surface area contributed by atoms with Crippen LogP contribution in [0.2, 0.25) is 0 Å². The van der Waals surface area contributed by atoms with Crippen LogP contribution in [-0.2, 0) is 6.54 Å². The van der Waals surface area contributed by atoms with Crippen molar-refractivity contribution < 1.29 is 0 Å². The van der Waals surface area contributed by atoms with Crippen LogP contribution in [0.25, 0.3) is 10.6 Å². The number of pyridine rings is 1. The summed E-state index contributed by atoms with van der Waals surface area (Å²) in [6, 6.07) is 5.82. The average Bonchev–Trinajstić information content (AvgIpc) is 2.67. The second kappa shape index (κ2) is 3.64. The molecule has 0 aromatic carbocycles. The summed E-state index contributed by atoms with van der Waals surface area (Å²) in [4.78, 5) is 5.32. The van der Waals surface area contributed by atoms with Crippen LogP contribution in [-0.4, -0.2) is 9.36 Å². The van der Waals surface area contributed by atoms with Crippen molar-refractivity contribution in [2.24, 2.45) is 5.73 Å². The molecular weight excluding hydrogens is 182 g/mol. The van der Waals surface area contributed by atoms with Crippen molar-refractivity contribution in [2.75, 3.05) is 0 Å². The molecule has 0 radical (unpaired) electrons. The molecule has 2 N–H and O–H groups in total. The van der Waals surface area contributed by atoms with Gasteiger partial charge in [0.15, 0.2) is 0 Å². The summed E-state index contributed by atoms with van der Waals surface area (Å²) >= 11 is 1.43. The molecule has 4 heteroatoms. The third-order valence-corrected chi connectivity index (χ3v) is 2.63. The molecule has 2 aromatic rings. The van der Waals surface area contributed by atoms with E-state index in [1.54, 1.807) is 12.4 Å². The van der Waals surface area contributed by atoms with Crippen LogP contribution in [0.5, 0.6) is 0 Å². The zero-order valence-electron chi connectivity index (χ0n) is 6.97. The lowest BCUT2D eigenvalue weighted by Crippen LogP contribution is -1.96. The maximum atomic E-state index is 5.57. The second-order valence-corrected chi connectivity index (χ2v) is 3.40. The summed E-state index contributed by atoms with van der Waals surface area (Å²) in [6.07, 6.45) is 3.57. The van der Waals surface area contributed by atoms with Gasteiger partial charge in [0.1, 0.15) is 0 Å². The van der Waals surface area contributed by atoms with E-state index in [1.807, 2.05) is 18.2 Å². The maximum Gasteiger partial charge on any atom is 0.0821 e. The SMILES string of the molecule is NCc1cnsc1-c1ccccn1. The van der Waals surface area contributed by atoms with Crippen LogP contribution in [0.4, 0.5) is 0 Å². The number of rotatable bonds is 2. The monoisotopic (exact) mass is 191 g/mol. The Labute approximate surface area is 80.4 Å². The van der Waals surface area contributed by atoms with Gasteiger partial charge in [0.05, 0.1) is 10.6 Å². The molecule has 13 heavy (non-hydrogen) atoms. The molecule has 0 amide bonds. The van der Waals surface area contributed by atoms with Gasteiger partial charge >= 0.3 is 0 Å². The zero-order valence-corrected chi connectivity index (χ0v) is 7.79. The lowest BCUT2D eigenvalue weighted by molar-refractivity contribution is 1.07. The molecular formula is C9H9N3S. The van der Waals surface area contributed by atoms with Crippen LogP contribution in [0, 0.1) is 0 Å². The van der Waals surface area contributed by atoms with Gasteiger partial charge in [-0.15, -0.1) is 0 Å². The quantitative estimate of drug-likeness (QED) is 0.785. The molecule has 0 bridgehead atoms. The number of nitrogens with two attached hydrogens (primary N) is 1. The Morgan fingerprint density at radius 2 is 2.31 bits per heavy atom. The summed E-state index contributed by atoms with van der Waals surface area (Å²) in [6.45, 7) is 0.516. The van der Waals surface area contributed by atoms with E-state index in [0.29, 0.717) is 6.54 Å². The van der Waals surface area contributed by atoms with Gasteiger partial charge in [0, 0.05) is 24.5 Å². The molecule has 0 atom stereocenters. The van der Waals surface area contributed by atoms with Gasteiger partial charge < -0.3 is 5.73 Å². The van der Waals surface area contributed by atoms with Gasteiger partial charge in [-0.25, -0.2) is 4.37 Å². The fraction of sp³-hybridized carbons (Fsp3) is 0.111. The van der Waals surface area contributed by atoms with Crippen LogP contribution in [0.1, 0.15) is 5.56 Å². The van der Waals surface area contributed by atoms with E-state index >= 15 is 0 Å². The van der Waals surface area contributed by atoms with E-state index in [9.17, 15) is 0 Å². The molecule has 2 heterocycles. The summed E-state index contributed by atoms with van der Waals surface area (Å²) in [5.74, 6) is 0. The molecule has 2 aromatic heterocycles. The third kappa shape index (κ3) is 1.59. The largest absolute Gasteiger partial charge is 0.326 e. The zero-order chi connectivity index (χ0) is 9.10. The number of aromatic nitrogens is 2. The smallest absolute Gasteiger partial charge is 0.0821 e. The van der Waals surface area contributed by atoms with Gasteiger partial charge in [0.25, 0.3) is 0 Å². The van der Waals surface area contributed by atoms with E-state index in [2.05, 4.69) is 9.36 Å². The molecule has 3 nitrogen and oxygen atoms in total. The predicted molar refractivity (Wildman–Crippen MR) is 53.2 cm³/mol. The highest BCUT2D eigenvalue weighted by molar-refractivity contribution is 7.09. The van der Waals surface area contributed by atoms with Crippen molar-refractivity contribution in [3.63, 3.8) is 0 Å². The molecule has 0 unspecified atom stereocenters. The van der Waals surface area contributed by atoms with Gasteiger partial charge in [-0.3, -0.25) is 4.98 Å². The number of nitrogens with zero attached hydrogens (tertiary/aromatic N) is 2. The van der Waals surface area contributed by atoms with Crippen LogP contribution >= 0.6 is 11.5 Å². The van der Waals surface area contributed by atoms with Crippen molar-refractivity contribution in [2.45, 2.75) is 6.54 Å². The van der Waals surface area contributed by atoms with Crippen molar-refractivity contribution in [1.82, 2.24) is 9.36 Å². The maximum absolute atomic E-state index is 5.57. The lowest BCUT2D eigenvalue weighted by Gasteiger charge is -1.97. The predicted octanol–water partition coefficient (Wildman–Crippen LogP) is 1.66. The molecule has 0 aliphatic heterocycles. The lowest BCUT2D eigenvalue weighted by atomic mass is 10.2. The average molecular weight is 191 g/mol. The fourth-order valence-electron chi connectivity index (χ4n) is 1.11. The molecule has 0 saturated carbocycles. The Bertz CT molecular complexity index is 383. The van der Waals surface area contributed by atoms with E-state index in [0.717, 1.165) is 16.1 Å². The first-order valence-electron chi connectivity index (χ1n) is 3.97. The summed E-state index contributed by atoms with van der Waals surface area (Å²) < 4.78 is 4.09. The topological polar surface area (TPSA) is 51.8 Å². The minimum Gasteiger partial charge on any atom is -0.326 e. The highest BCUT2D eigenvalue weighted by atomic mass is 32.1. The summed E-state index contributed by atoms with van der Waals surface area (Å²) in [5, 5.41) is 0. The highest BCUT2D eigenvalue weighted by Gasteiger charge is 2.06. The van der Waals surface area contributed by atoms with Gasteiger partial charge in [0.2, 0.25) is 0 Å². The van der Waals surface area contributed by atoms with Gasteiger partial charge in [-0.05, 0) is 23.7 Å². The second-order valence-electron chi connectivity index (χ2n) is 2.60. The highest BCUT2D eigenvalue weighted by Crippen LogP contribution is 2.24. The normalized spacial score (nSPS) is 10.2. The standard InChI is InChI=1S/C9H9N3S/c10-5-7-6-12-13-9(7)8-3-1-2-4-11-8/h1-4,6H,5,10H2. The first kappa shape index (κ1) is 8.34. The molecule has 0 aliphatic rings. The van der Waals surface area contributed by atoms with Crippen LogP contribution < -0.4 is 5.73 Å². The minimum absolute atomic E-state index is 0.516. The summed E-state index contributed by atoms with van der Waals surface area (Å²) in [7, 11) is 0. The van der Waals surface area contributed by atoms with Crippen molar-refractivity contribution in [3.05, 3.63) is 36.2 Å². The fourth-order valence-corrected chi connectivity index (χ4v) is 1.87. The third-order valence-electron chi connectivity index (χ3n) is 1.76. The van der Waals surface area contributed by atoms with Gasteiger partial charge in [-0.1, -0.05) is 6.07 Å². The van der Waals surface area contributed by atoms with Gasteiger partial charge in [-0.2, -0.15) is 0 Å². The molecule has 0 fully saturated rings. The molecule has 2 rings (SSSR count). The number of hydrogen-bond acceptors (Lipinski definition) is 4. The van der Waals surface area contributed by atoms with E-state index in [4.69, 9.17) is 5.73 Å². The Morgan fingerprint density at radius 1 is 1.38 bits per heavy atom.